The minimum Gasteiger partial charge on any atom is -0.255 e. The minimum absolute atomic E-state index is 0.194. The summed E-state index contributed by atoms with van der Waals surface area (Å²) in [6, 6.07) is 7.63. The van der Waals surface area contributed by atoms with Crippen molar-refractivity contribution in [2.45, 2.75) is 0 Å². The largest absolute Gasteiger partial charge is 0.255 e. The van der Waals surface area contributed by atoms with E-state index < -0.39 is 11.6 Å². The molecule has 0 aliphatic carbocycles. The predicted molar refractivity (Wildman–Crippen MR) is 62.3 cm³/mol. The second-order valence-electron chi connectivity index (χ2n) is 2.94. The molecule has 0 spiro atoms. The molecule has 1 nitrogen and oxygen atoms in total. The molecule has 2 rings (SSSR count). The van der Waals surface area contributed by atoms with Crippen LogP contribution in [0.4, 0.5) is 8.78 Å². The smallest absolute Gasteiger partial charge is 0.168 e. The van der Waals surface area contributed by atoms with Crippen molar-refractivity contribution in [1.29, 1.82) is 0 Å². The first-order valence-corrected chi connectivity index (χ1v) is 5.33. The molecule has 0 saturated carbocycles. The Morgan fingerprint density at radius 3 is 2.60 bits per heavy atom. The van der Waals surface area contributed by atoms with Gasteiger partial charge < -0.3 is 0 Å². The molecule has 0 atom stereocenters. The fourth-order valence-electron chi connectivity index (χ4n) is 1.27. The second-order valence-corrected chi connectivity index (χ2v) is 4.10. The van der Waals surface area contributed by atoms with E-state index in [0.29, 0.717) is 5.69 Å². The van der Waals surface area contributed by atoms with Crippen molar-refractivity contribution in [3.8, 4) is 11.3 Å². The molecule has 0 aliphatic rings. The van der Waals surface area contributed by atoms with E-state index in [1.165, 1.54) is 12.1 Å². The van der Waals surface area contributed by atoms with Crippen molar-refractivity contribution in [2.75, 3.05) is 0 Å². The Hall–Kier alpha value is -1.04. The first kappa shape index (κ1) is 10.5. The van der Waals surface area contributed by atoms with Crippen molar-refractivity contribution in [3.63, 3.8) is 0 Å². The van der Waals surface area contributed by atoms with Crippen LogP contribution in [0.2, 0.25) is 0 Å². The lowest BCUT2D eigenvalue weighted by molar-refractivity contribution is 0.511. The third kappa shape index (κ3) is 1.99. The van der Waals surface area contributed by atoms with Crippen LogP contribution >= 0.6 is 22.6 Å². The van der Waals surface area contributed by atoms with Gasteiger partial charge in [-0.15, -0.1) is 0 Å². The molecule has 0 N–H and O–H groups in total. The zero-order valence-corrected chi connectivity index (χ0v) is 9.70. The highest BCUT2D eigenvalue weighted by Crippen LogP contribution is 2.26. The number of halogens is 3. The molecule has 0 radical (unpaired) electrons. The molecule has 0 saturated heterocycles. The van der Waals surface area contributed by atoms with E-state index in [9.17, 15) is 8.78 Å². The van der Waals surface area contributed by atoms with Crippen LogP contribution in [0, 0.1) is 15.2 Å². The van der Waals surface area contributed by atoms with Crippen molar-refractivity contribution < 1.29 is 8.78 Å². The van der Waals surface area contributed by atoms with Crippen molar-refractivity contribution in [2.24, 2.45) is 0 Å². The maximum absolute atomic E-state index is 13.4. The molecule has 1 aromatic carbocycles. The first-order chi connectivity index (χ1) is 7.20. The third-order valence-corrected chi connectivity index (χ3v) is 2.84. The van der Waals surface area contributed by atoms with Crippen LogP contribution in [-0.2, 0) is 0 Å². The highest BCUT2D eigenvalue weighted by Gasteiger charge is 2.12. The molecular formula is C11H6F2IN. The van der Waals surface area contributed by atoms with Gasteiger partial charge in [0, 0.05) is 15.3 Å². The standard InChI is InChI=1S/C11H6F2IN/c12-8-4-1-3-7(10(8)13)11-9(14)5-2-6-15-11/h1-6H. The lowest BCUT2D eigenvalue weighted by Crippen LogP contribution is -1.93. The Morgan fingerprint density at radius 2 is 1.87 bits per heavy atom. The number of pyridine rings is 1. The van der Waals surface area contributed by atoms with E-state index in [4.69, 9.17) is 0 Å². The van der Waals surface area contributed by atoms with E-state index in [1.54, 1.807) is 18.3 Å². The number of hydrogen-bond donors (Lipinski definition) is 0. The van der Waals surface area contributed by atoms with Crippen LogP contribution in [0.3, 0.4) is 0 Å². The summed E-state index contributed by atoms with van der Waals surface area (Å²) in [6.45, 7) is 0. The second kappa shape index (κ2) is 4.22. The highest BCUT2D eigenvalue weighted by molar-refractivity contribution is 14.1. The summed E-state index contributed by atoms with van der Waals surface area (Å²) in [6.07, 6.45) is 1.56. The van der Waals surface area contributed by atoms with Gasteiger partial charge in [-0.05, 0) is 46.9 Å². The summed E-state index contributed by atoms with van der Waals surface area (Å²) in [4.78, 5) is 4.04. The monoisotopic (exact) mass is 317 g/mol. The first-order valence-electron chi connectivity index (χ1n) is 4.25. The van der Waals surface area contributed by atoms with E-state index >= 15 is 0 Å². The van der Waals surface area contributed by atoms with Gasteiger partial charge in [0.1, 0.15) is 0 Å². The van der Waals surface area contributed by atoms with Gasteiger partial charge in [0.25, 0.3) is 0 Å². The number of aromatic nitrogens is 1. The number of hydrogen-bond acceptors (Lipinski definition) is 1. The maximum atomic E-state index is 13.4. The van der Waals surface area contributed by atoms with Gasteiger partial charge in [-0.1, -0.05) is 6.07 Å². The Labute approximate surface area is 99.3 Å². The molecule has 4 heteroatoms. The van der Waals surface area contributed by atoms with Crippen LogP contribution in [0.1, 0.15) is 0 Å². The molecule has 76 valence electrons. The predicted octanol–water partition coefficient (Wildman–Crippen LogP) is 3.63. The normalized spacial score (nSPS) is 10.3. The van der Waals surface area contributed by atoms with Gasteiger partial charge in [-0.3, -0.25) is 4.98 Å². The molecule has 0 fully saturated rings. The fourth-order valence-corrected chi connectivity index (χ4v) is 1.91. The summed E-state index contributed by atoms with van der Waals surface area (Å²) in [7, 11) is 0. The molecule has 2 aromatic rings. The number of benzene rings is 1. The van der Waals surface area contributed by atoms with Crippen molar-refractivity contribution >= 4 is 22.6 Å². The van der Waals surface area contributed by atoms with Crippen LogP contribution in [0.25, 0.3) is 11.3 Å². The number of rotatable bonds is 1. The van der Waals surface area contributed by atoms with Gasteiger partial charge in [0.2, 0.25) is 0 Å². The van der Waals surface area contributed by atoms with Gasteiger partial charge in [-0.25, -0.2) is 8.78 Å². The van der Waals surface area contributed by atoms with Crippen molar-refractivity contribution in [1.82, 2.24) is 4.98 Å². The van der Waals surface area contributed by atoms with Crippen LogP contribution in [0.15, 0.2) is 36.5 Å². The zero-order valence-electron chi connectivity index (χ0n) is 7.55. The Kier molecular flexibility index (Phi) is 2.95. The van der Waals surface area contributed by atoms with Crippen LogP contribution in [0.5, 0.6) is 0 Å². The summed E-state index contributed by atoms with van der Waals surface area (Å²) in [5, 5.41) is 0. The summed E-state index contributed by atoms with van der Waals surface area (Å²) >= 11 is 2.04. The van der Waals surface area contributed by atoms with E-state index in [-0.39, 0.29) is 5.56 Å². The maximum Gasteiger partial charge on any atom is 0.168 e. The van der Waals surface area contributed by atoms with E-state index in [1.807, 2.05) is 22.6 Å². The summed E-state index contributed by atoms with van der Waals surface area (Å²) in [5.41, 5.74) is 0.662. The summed E-state index contributed by atoms with van der Waals surface area (Å²) < 4.78 is 27.2. The molecule has 15 heavy (non-hydrogen) atoms. The topological polar surface area (TPSA) is 12.9 Å². The molecular weight excluding hydrogens is 311 g/mol. The van der Waals surface area contributed by atoms with Gasteiger partial charge in [0.05, 0.1) is 5.69 Å². The minimum atomic E-state index is -0.853. The average molecular weight is 317 g/mol. The van der Waals surface area contributed by atoms with Crippen LogP contribution in [-0.4, -0.2) is 4.98 Å². The molecule has 0 aliphatic heterocycles. The summed E-state index contributed by atoms with van der Waals surface area (Å²) in [5.74, 6) is -1.71. The molecule has 0 unspecified atom stereocenters. The fraction of sp³-hybridized carbons (Fsp3) is 0. The Balaban J connectivity index is 2.65. The zero-order chi connectivity index (χ0) is 10.8. The molecule has 1 heterocycles. The lowest BCUT2D eigenvalue weighted by atomic mass is 10.1. The van der Waals surface area contributed by atoms with Gasteiger partial charge >= 0.3 is 0 Å². The van der Waals surface area contributed by atoms with E-state index in [0.717, 1.165) is 9.64 Å². The Morgan fingerprint density at radius 1 is 1.07 bits per heavy atom. The third-order valence-electron chi connectivity index (χ3n) is 1.97. The van der Waals surface area contributed by atoms with Gasteiger partial charge in [-0.2, -0.15) is 0 Å². The molecule has 0 amide bonds. The van der Waals surface area contributed by atoms with Crippen LogP contribution < -0.4 is 0 Å². The van der Waals surface area contributed by atoms with E-state index in [2.05, 4.69) is 4.98 Å². The lowest BCUT2D eigenvalue weighted by Gasteiger charge is -2.04. The number of nitrogens with zero attached hydrogens (tertiary/aromatic N) is 1. The molecule has 0 bridgehead atoms. The van der Waals surface area contributed by atoms with Crippen molar-refractivity contribution in [3.05, 3.63) is 51.7 Å². The highest BCUT2D eigenvalue weighted by atomic mass is 127. The SMILES string of the molecule is Fc1cccc(-c2ncccc2I)c1F. The Bertz CT molecular complexity index is 500. The average Bonchev–Trinajstić information content (AvgIpc) is 2.23. The quantitative estimate of drug-likeness (QED) is 0.732. The molecule has 1 aromatic heterocycles. The van der Waals surface area contributed by atoms with Gasteiger partial charge in [0.15, 0.2) is 11.6 Å².